The third-order valence-electron chi connectivity index (χ3n) is 1.71. The van der Waals surface area contributed by atoms with Crippen LogP contribution in [0.15, 0.2) is 23.4 Å². The first-order valence-corrected chi connectivity index (χ1v) is 5.82. The highest BCUT2D eigenvalue weighted by Crippen LogP contribution is 2.28. The minimum Gasteiger partial charge on any atom is -0.369 e. The maximum atomic E-state index is 12.2. The Morgan fingerprint density at radius 2 is 1.94 bits per heavy atom. The molecule has 1 aromatic rings. The van der Waals surface area contributed by atoms with Crippen molar-refractivity contribution in [1.29, 1.82) is 0 Å². The molecule has 1 heterocycles. The maximum absolute atomic E-state index is 12.2. The van der Waals surface area contributed by atoms with Crippen molar-refractivity contribution in [1.82, 2.24) is 4.98 Å². The van der Waals surface area contributed by atoms with E-state index in [0.29, 0.717) is 18.3 Å². The van der Waals surface area contributed by atoms with Crippen LogP contribution in [0.5, 0.6) is 0 Å². The number of carbonyl (C=O) groups excluding carboxylic acids is 1. The van der Waals surface area contributed by atoms with E-state index in [1.165, 1.54) is 0 Å². The number of sulfone groups is 1. The van der Waals surface area contributed by atoms with Crippen LogP contribution in [0, 0.1) is 0 Å². The van der Waals surface area contributed by atoms with E-state index in [1.807, 2.05) is 0 Å². The van der Waals surface area contributed by atoms with Crippen LogP contribution in [0.25, 0.3) is 0 Å². The number of amides is 1. The van der Waals surface area contributed by atoms with E-state index in [-0.39, 0.29) is 0 Å². The SMILES string of the molecule is NC(=O)CS(=O)(=O)c1ccc(C(F)(F)F)cn1. The molecule has 9 heteroatoms. The molecule has 0 radical (unpaired) electrons. The minimum atomic E-state index is -4.60. The molecule has 0 aromatic carbocycles. The monoisotopic (exact) mass is 268 g/mol. The second kappa shape index (κ2) is 4.32. The molecule has 2 N–H and O–H groups in total. The molecule has 0 saturated carbocycles. The van der Waals surface area contributed by atoms with Gasteiger partial charge in [0.2, 0.25) is 15.7 Å². The fraction of sp³-hybridized carbons (Fsp3) is 0.250. The average molecular weight is 268 g/mol. The Balaban J connectivity index is 3.08. The van der Waals surface area contributed by atoms with E-state index in [4.69, 9.17) is 0 Å². The summed E-state index contributed by atoms with van der Waals surface area (Å²) in [5.41, 5.74) is 3.62. The highest BCUT2D eigenvalue weighted by atomic mass is 32.2. The molecule has 0 atom stereocenters. The van der Waals surface area contributed by atoms with Crippen molar-refractivity contribution in [2.24, 2.45) is 5.73 Å². The average Bonchev–Trinajstić information content (AvgIpc) is 2.14. The van der Waals surface area contributed by atoms with Crippen LogP contribution in [-0.4, -0.2) is 25.1 Å². The number of alkyl halides is 3. The number of nitrogens with zero attached hydrogens (tertiary/aromatic N) is 1. The zero-order valence-electron chi connectivity index (χ0n) is 8.23. The molecule has 0 saturated heterocycles. The number of pyridine rings is 1. The molecule has 0 unspecified atom stereocenters. The standard InChI is InChI=1S/C8H7F3N2O3S/c9-8(10,11)5-1-2-7(13-3-5)17(15,16)4-6(12)14/h1-3H,4H2,(H2,12,14). The molecule has 1 rings (SSSR count). The fourth-order valence-electron chi connectivity index (χ4n) is 0.993. The van der Waals surface area contributed by atoms with Gasteiger partial charge in [-0.25, -0.2) is 13.4 Å². The lowest BCUT2D eigenvalue weighted by Gasteiger charge is -2.06. The van der Waals surface area contributed by atoms with Gasteiger partial charge in [0.05, 0.1) is 5.56 Å². The molecule has 1 aromatic heterocycles. The van der Waals surface area contributed by atoms with Crippen LogP contribution in [0.4, 0.5) is 13.2 Å². The van der Waals surface area contributed by atoms with Crippen LogP contribution in [0.3, 0.4) is 0 Å². The van der Waals surface area contributed by atoms with Crippen LogP contribution in [0.1, 0.15) is 5.56 Å². The molecule has 5 nitrogen and oxygen atoms in total. The van der Waals surface area contributed by atoms with Crippen molar-refractivity contribution in [3.63, 3.8) is 0 Å². The topological polar surface area (TPSA) is 90.1 Å². The van der Waals surface area contributed by atoms with Gasteiger partial charge < -0.3 is 5.73 Å². The van der Waals surface area contributed by atoms with Crippen LogP contribution in [0.2, 0.25) is 0 Å². The Hall–Kier alpha value is -1.64. The minimum absolute atomic E-state index is 0.383. The van der Waals surface area contributed by atoms with E-state index in [1.54, 1.807) is 0 Å². The summed E-state index contributed by atoms with van der Waals surface area (Å²) in [6.07, 6.45) is -4.22. The summed E-state index contributed by atoms with van der Waals surface area (Å²) in [6.45, 7) is 0. The van der Waals surface area contributed by atoms with Gasteiger partial charge in [-0.05, 0) is 12.1 Å². The Morgan fingerprint density at radius 1 is 1.35 bits per heavy atom. The number of hydrogen-bond donors (Lipinski definition) is 1. The Bertz CT molecular complexity index is 522. The van der Waals surface area contributed by atoms with Gasteiger partial charge in [-0.2, -0.15) is 13.2 Å². The zero-order valence-corrected chi connectivity index (χ0v) is 9.05. The summed E-state index contributed by atoms with van der Waals surface area (Å²) >= 11 is 0. The van der Waals surface area contributed by atoms with E-state index < -0.39 is 38.3 Å². The summed E-state index contributed by atoms with van der Waals surface area (Å²) in [6, 6.07) is 1.25. The molecule has 0 spiro atoms. The Morgan fingerprint density at radius 3 is 2.29 bits per heavy atom. The number of hydrogen-bond acceptors (Lipinski definition) is 4. The Kier molecular flexibility index (Phi) is 3.41. The van der Waals surface area contributed by atoms with E-state index in [0.717, 1.165) is 0 Å². The number of halogens is 3. The summed E-state index contributed by atoms with van der Waals surface area (Å²) in [7, 11) is -4.07. The summed E-state index contributed by atoms with van der Waals surface area (Å²) in [5.74, 6) is -2.10. The van der Waals surface area contributed by atoms with Gasteiger partial charge >= 0.3 is 6.18 Å². The lowest BCUT2D eigenvalue weighted by Crippen LogP contribution is -2.23. The van der Waals surface area contributed by atoms with Gasteiger partial charge in [0.25, 0.3) is 0 Å². The molecule has 17 heavy (non-hydrogen) atoms. The van der Waals surface area contributed by atoms with Gasteiger partial charge in [0, 0.05) is 6.20 Å². The van der Waals surface area contributed by atoms with Crippen molar-refractivity contribution in [3.8, 4) is 0 Å². The summed E-state index contributed by atoms with van der Waals surface area (Å²) in [5, 5.41) is -0.621. The molecule has 94 valence electrons. The molecule has 0 aliphatic heterocycles. The predicted molar refractivity (Wildman–Crippen MR) is 50.5 cm³/mol. The summed E-state index contributed by atoms with van der Waals surface area (Å²) < 4.78 is 59.2. The highest BCUT2D eigenvalue weighted by molar-refractivity contribution is 7.92. The quantitative estimate of drug-likeness (QED) is 0.857. The largest absolute Gasteiger partial charge is 0.417 e. The predicted octanol–water partition coefficient (Wildman–Crippen LogP) is 0.359. The van der Waals surface area contributed by atoms with Crippen molar-refractivity contribution in [2.75, 3.05) is 5.75 Å². The van der Waals surface area contributed by atoms with Gasteiger partial charge in [-0.1, -0.05) is 0 Å². The van der Waals surface area contributed by atoms with E-state index >= 15 is 0 Å². The first kappa shape index (κ1) is 13.4. The second-order valence-corrected chi connectivity index (χ2v) is 5.04. The summed E-state index contributed by atoms with van der Waals surface area (Å²) in [4.78, 5) is 13.6. The van der Waals surface area contributed by atoms with Gasteiger partial charge in [-0.15, -0.1) is 0 Å². The highest BCUT2D eigenvalue weighted by Gasteiger charge is 2.31. The zero-order chi connectivity index (χ0) is 13.3. The molecule has 1 amide bonds. The van der Waals surface area contributed by atoms with Crippen LogP contribution >= 0.6 is 0 Å². The van der Waals surface area contributed by atoms with Crippen molar-refractivity contribution >= 4 is 15.7 Å². The fourth-order valence-corrected chi connectivity index (χ4v) is 2.00. The Labute approximate surface area is 94.4 Å². The van der Waals surface area contributed by atoms with E-state index in [2.05, 4.69) is 10.7 Å². The van der Waals surface area contributed by atoms with Crippen molar-refractivity contribution in [2.45, 2.75) is 11.2 Å². The van der Waals surface area contributed by atoms with E-state index in [9.17, 15) is 26.4 Å². The molecule has 0 aliphatic rings. The maximum Gasteiger partial charge on any atom is 0.417 e. The van der Waals surface area contributed by atoms with Crippen molar-refractivity contribution < 1.29 is 26.4 Å². The first-order valence-electron chi connectivity index (χ1n) is 4.17. The van der Waals surface area contributed by atoms with Crippen LogP contribution < -0.4 is 5.73 Å². The first-order chi connectivity index (χ1) is 7.63. The number of nitrogens with two attached hydrogens (primary N) is 1. The third-order valence-corrected chi connectivity index (χ3v) is 3.26. The number of carbonyl (C=O) groups is 1. The van der Waals surface area contributed by atoms with Crippen molar-refractivity contribution in [3.05, 3.63) is 23.9 Å². The molecular weight excluding hydrogens is 261 g/mol. The van der Waals surface area contributed by atoms with Gasteiger partial charge in [0.15, 0.2) is 5.03 Å². The number of rotatable bonds is 3. The number of primary amides is 1. The smallest absolute Gasteiger partial charge is 0.369 e. The van der Waals surface area contributed by atoms with Gasteiger partial charge in [0.1, 0.15) is 5.75 Å². The second-order valence-electron chi connectivity index (χ2n) is 3.11. The molecule has 0 aliphatic carbocycles. The third kappa shape index (κ3) is 3.41. The number of aromatic nitrogens is 1. The van der Waals surface area contributed by atoms with Gasteiger partial charge in [-0.3, -0.25) is 4.79 Å². The molecule has 0 fully saturated rings. The lowest BCUT2D eigenvalue weighted by molar-refractivity contribution is -0.137. The molecular formula is C8H7F3N2O3S. The lowest BCUT2D eigenvalue weighted by atomic mass is 10.3. The normalized spacial score (nSPS) is 12.4. The molecule has 0 bridgehead atoms. The van der Waals surface area contributed by atoms with Crippen LogP contribution in [-0.2, 0) is 20.8 Å².